The number of carbonyl (C=O) groups is 1. The van der Waals surface area contributed by atoms with Gasteiger partial charge in [0.05, 0.1) is 16.5 Å². The Bertz CT molecular complexity index is 1400. The van der Waals surface area contributed by atoms with Gasteiger partial charge in [-0.1, -0.05) is 11.6 Å². The lowest BCUT2D eigenvalue weighted by Crippen LogP contribution is -2.20. The summed E-state index contributed by atoms with van der Waals surface area (Å²) in [5.41, 5.74) is 2.09. The van der Waals surface area contributed by atoms with E-state index in [9.17, 15) is 14.7 Å². The van der Waals surface area contributed by atoms with Crippen LogP contribution >= 0.6 is 11.6 Å². The Morgan fingerprint density at radius 2 is 1.93 bits per heavy atom. The summed E-state index contributed by atoms with van der Waals surface area (Å²) in [6, 6.07) is 15.5. The van der Waals surface area contributed by atoms with Crippen LogP contribution in [0.15, 0.2) is 63.8 Å². The first kappa shape index (κ1) is 18.4. The number of aromatic nitrogens is 2. The maximum atomic E-state index is 12.8. The number of carboxylic acids is 1. The van der Waals surface area contributed by atoms with Gasteiger partial charge in [0, 0.05) is 22.7 Å². The Morgan fingerprint density at radius 3 is 2.70 bits per heavy atom. The van der Waals surface area contributed by atoms with E-state index in [2.05, 4.69) is 4.98 Å². The zero-order chi connectivity index (χ0) is 20.8. The van der Waals surface area contributed by atoms with Crippen LogP contribution in [0.3, 0.4) is 0 Å². The maximum Gasteiger partial charge on any atom is 0.335 e. The van der Waals surface area contributed by atoms with Crippen LogP contribution in [0, 0.1) is 0 Å². The third-order valence-electron chi connectivity index (χ3n) is 5.17. The molecule has 5 rings (SSSR count). The first-order valence-electron chi connectivity index (χ1n) is 9.34. The number of carboxylic acid groups (broad SMARTS) is 1. The molecule has 0 atom stereocenters. The molecule has 1 N–H and O–H groups in total. The van der Waals surface area contributed by atoms with E-state index in [1.165, 1.54) is 18.2 Å². The van der Waals surface area contributed by atoms with Gasteiger partial charge < -0.3 is 9.52 Å². The fraction of sp³-hybridized carbons (Fsp3) is 0.0870. The van der Waals surface area contributed by atoms with Crippen molar-refractivity contribution in [2.24, 2.45) is 0 Å². The van der Waals surface area contributed by atoms with Crippen LogP contribution in [0.2, 0.25) is 5.02 Å². The molecule has 0 saturated heterocycles. The summed E-state index contributed by atoms with van der Waals surface area (Å²) in [7, 11) is 0. The first-order valence-corrected chi connectivity index (χ1v) is 9.72. The van der Waals surface area contributed by atoms with E-state index < -0.39 is 5.97 Å². The van der Waals surface area contributed by atoms with E-state index in [4.69, 9.17) is 16.0 Å². The third-order valence-corrected chi connectivity index (χ3v) is 5.42. The quantitative estimate of drug-likeness (QED) is 0.508. The van der Waals surface area contributed by atoms with Crippen LogP contribution in [-0.4, -0.2) is 20.6 Å². The van der Waals surface area contributed by atoms with Crippen molar-refractivity contribution in [1.82, 2.24) is 9.55 Å². The molecule has 7 heteroatoms. The smallest absolute Gasteiger partial charge is 0.335 e. The summed E-state index contributed by atoms with van der Waals surface area (Å²) in [5.74, 6) is 0.850. The Balaban J connectivity index is 1.56. The van der Waals surface area contributed by atoms with E-state index in [0.717, 1.165) is 11.1 Å². The summed E-state index contributed by atoms with van der Waals surface area (Å²) in [6.07, 6.45) is 2.51. The lowest BCUT2D eigenvalue weighted by molar-refractivity contribution is 0.0697. The second-order valence-corrected chi connectivity index (χ2v) is 7.49. The number of benzene rings is 2. The number of aromatic carboxylic acids is 1. The molecule has 0 unspecified atom stereocenters. The van der Waals surface area contributed by atoms with Crippen molar-refractivity contribution in [3.8, 4) is 11.3 Å². The summed E-state index contributed by atoms with van der Waals surface area (Å²) in [5, 5.41) is 10.3. The molecule has 2 aromatic heterocycles. The molecule has 0 aliphatic carbocycles. The SMILES string of the molecule is O=C(O)c1ccc2c(=O)n3c(nc2c1)/C(=C/c1ccc(-c2ccc(Cl)cc2)o1)CC3. The molecular formula is C23H15ClN2O4. The molecule has 0 saturated carbocycles. The van der Waals surface area contributed by atoms with Gasteiger partial charge in [-0.25, -0.2) is 9.78 Å². The average Bonchev–Trinajstić information content (AvgIpc) is 3.36. The van der Waals surface area contributed by atoms with Gasteiger partial charge in [-0.15, -0.1) is 0 Å². The monoisotopic (exact) mass is 418 g/mol. The first-order chi connectivity index (χ1) is 14.5. The molecule has 30 heavy (non-hydrogen) atoms. The van der Waals surface area contributed by atoms with E-state index in [0.29, 0.717) is 46.2 Å². The molecule has 0 bridgehead atoms. The third kappa shape index (κ3) is 3.11. The molecule has 0 spiro atoms. The van der Waals surface area contributed by atoms with E-state index >= 15 is 0 Å². The van der Waals surface area contributed by atoms with E-state index in [1.54, 1.807) is 16.7 Å². The number of rotatable bonds is 3. The highest BCUT2D eigenvalue weighted by atomic mass is 35.5. The predicted molar refractivity (Wildman–Crippen MR) is 115 cm³/mol. The second-order valence-electron chi connectivity index (χ2n) is 7.06. The number of hydrogen-bond donors (Lipinski definition) is 1. The van der Waals surface area contributed by atoms with Crippen LogP contribution in [0.4, 0.5) is 0 Å². The average molecular weight is 419 g/mol. The van der Waals surface area contributed by atoms with Crippen molar-refractivity contribution in [2.45, 2.75) is 13.0 Å². The highest BCUT2D eigenvalue weighted by Gasteiger charge is 2.22. The van der Waals surface area contributed by atoms with Gasteiger partial charge in [0.25, 0.3) is 5.56 Å². The minimum atomic E-state index is -1.06. The fourth-order valence-corrected chi connectivity index (χ4v) is 3.78. The number of nitrogens with zero attached hydrogens (tertiary/aromatic N) is 2. The minimum absolute atomic E-state index is 0.0986. The number of hydrogen-bond acceptors (Lipinski definition) is 4. The number of furan rings is 1. The van der Waals surface area contributed by atoms with Gasteiger partial charge in [0.2, 0.25) is 0 Å². The molecule has 1 aliphatic heterocycles. The molecule has 0 fully saturated rings. The Kier molecular flexibility index (Phi) is 4.29. The number of halogens is 1. The molecule has 0 amide bonds. The minimum Gasteiger partial charge on any atom is -0.478 e. The lowest BCUT2D eigenvalue weighted by atomic mass is 10.1. The summed E-state index contributed by atoms with van der Waals surface area (Å²) in [4.78, 5) is 28.7. The van der Waals surface area contributed by atoms with Crippen molar-refractivity contribution >= 4 is 40.1 Å². The molecule has 2 aromatic carbocycles. The fourth-order valence-electron chi connectivity index (χ4n) is 3.66. The normalized spacial score (nSPS) is 14.4. The van der Waals surface area contributed by atoms with Crippen molar-refractivity contribution in [3.05, 3.63) is 87.1 Å². The Labute approximate surface area is 175 Å². The van der Waals surface area contributed by atoms with E-state index in [-0.39, 0.29) is 11.1 Å². The van der Waals surface area contributed by atoms with Gasteiger partial charge >= 0.3 is 5.97 Å². The van der Waals surface area contributed by atoms with Crippen LogP contribution in [-0.2, 0) is 6.54 Å². The van der Waals surface area contributed by atoms with Crippen LogP contribution < -0.4 is 5.56 Å². The molecular weight excluding hydrogens is 404 g/mol. The standard InChI is InChI=1S/C23H15ClN2O4/c24-16-4-1-13(2-5-16)20-8-6-17(30-20)11-14-9-10-26-21(14)25-19-12-15(23(28)29)3-7-18(19)22(26)27/h1-8,11-12H,9-10H2,(H,28,29)/b14-11+. The van der Waals surface area contributed by atoms with Gasteiger partial charge in [-0.2, -0.15) is 0 Å². The van der Waals surface area contributed by atoms with Crippen LogP contribution in [0.1, 0.15) is 28.4 Å². The zero-order valence-corrected chi connectivity index (χ0v) is 16.4. The highest BCUT2D eigenvalue weighted by Crippen LogP contribution is 2.30. The Morgan fingerprint density at radius 1 is 1.13 bits per heavy atom. The number of fused-ring (bicyclic) bond motifs is 2. The molecule has 0 radical (unpaired) electrons. The molecule has 6 nitrogen and oxygen atoms in total. The molecule has 3 heterocycles. The van der Waals surface area contributed by atoms with Gasteiger partial charge in [-0.3, -0.25) is 9.36 Å². The highest BCUT2D eigenvalue weighted by molar-refractivity contribution is 6.30. The van der Waals surface area contributed by atoms with Crippen molar-refractivity contribution in [1.29, 1.82) is 0 Å². The predicted octanol–water partition coefficient (Wildman–Crippen LogP) is 4.95. The van der Waals surface area contributed by atoms with Crippen molar-refractivity contribution in [3.63, 3.8) is 0 Å². The topological polar surface area (TPSA) is 85.3 Å². The molecule has 148 valence electrons. The van der Waals surface area contributed by atoms with Crippen molar-refractivity contribution in [2.75, 3.05) is 0 Å². The summed E-state index contributed by atoms with van der Waals surface area (Å²) in [6.45, 7) is 0.522. The van der Waals surface area contributed by atoms with Gasteiger partial charge in [0.1, 0.15) is 17.3 Å². The largest absolute Gasteiger partial charge is 0.478 e. The molecule has 4 aromatic rings. The maximum absolute atomic E-state index is 12.8. The van der Waals surface area contributed by atoms with Gasteiger partial charge in [-0.05, 0) is 67.1 Å². The zero-order valence-electron chi connectivity index (χ0n) is 15.6. The molecule has 1 aliphatic rings. The van der Waals surface area contributed by atoms with Crippen molar-refractivity contribution < 1.29 is 14.3 Å². The number of allylic oxidation sites excluding steroid dienone is 1. The summed E-state index contributed by atoms with van der Waals surface area (Å²) >= 11 is 5.94. The lowest BCUT2D eigenvalue weighted by Gasteiger charge is -2.06. The van der Waals surface area contributed by atoms with Crippen LogP contribution in [0.25, 0.3) is 33.9 Å². The Hall–Kier alpha value is -3.64. The van der Waals surface area contributed by atoms with E-state index in [1.807, 2.05) is 30.3 Å². The summed E-state index contributed by atoms with van der Waals surface area (Å²) < 4.78 is 7.57. The van der Waals surface area contributed by atoms with Gasteiger partial charge in [0.15, 0.2) is 0 Å². The van der Waals surface area contributed by atoms with Crippen LogP contribution in [0.5, 0.6) is 0 Å². The second kappa shape index (κ2) is 7.00.